The molecule has 0 saturated carbocycles. The maximum Gasteiger partial charge on any atom is 0.147 e. The van der Waals surface area contributed by atoms with Crippen LogP contribution in [0.5, 0.6) is 0 Å². The number of anilines is 1. The number of rotatable bonds is 2. The number of nitrogens with two attached hydrogens (primary N) is 1. The summed E-state index contributed by atoms with van der Waals surface area (Å²) in [4.78, 5) is 13.7. The maximum absolute atomic E-state index is 5.93. The van der Waals surface area contributed by atoms with Crippen LogP contribution in [0.25, 0.3) is 0 Å². The van der Waals surface area contributed by atoms with Crippen molar-refractivity contribution in [2.45, 2.75) is 25.8 Å². The minimum atomic E-state index is 0.266. The lowest BCUT2D eigenvalue weighted by atomic mass is 10.1. The van der Waals surface area contributed by atoms with Crippen LogP contribution in [0.3, 0.4) is 0 Å². The van der Waals surface area contributed by atoms with E-state index in [2.05, 4.69) is 47.7 Å². The molecule has 2 heterocycles. The summed E-state index contributed by atoms with van der Waals surface area (Å²) in [7, 11) is 4.27. The Morgan fingerprint density at radius 2 is 2.06 bits per heavy atom. The summed E-state index contributed by atoms with van der Waals surface area (Å²) in [5.41, 5.74) is 7.59. The highest BCUT2D eigenvalue weighted by atomic mass is 15.3. The van der Waals surface area contributed by atoms with E-state index in [0.717, 1.165) is 31.2 Å². The van der Waals surface area contributed by atoms with Crippen molar-refractivity contribution in [1.29, 1.82) is 0 Å². The molecule has 1 atom stereocenters. The van der Waals surface area contributed by atoms with Gasteiger partial charge in [0, 0.05) is 19.6 Å². The first-order chi connectivity index (χ1) is 8.49. The van der Waals surface area contributed by atoms with Crippen molar-refractivity contribution in [2.75, 3.05) is 39.5 Å². The summed E-state index contributed by atoms with van der Waals surface area (Å²) >= 11 is 0. The molecule has 5 nitrogen and oxygen atoms in total. The molecule has 18 heavy (non-hydrogen) atoms. The van der Waals surface area contributed by atoms with E-state index < -0.39 is 0 Å². The van der Waals surface area contributed by atoms with Gasteiger partial charge in [0.15, 0.2) is 0 Å². The van der Waals surface area contributed by atoms with E-state index in [-0.39, 0.29) is 6.04 Å². The molecule has 0 spiro atoms. The van der Waals surface area contributed by atoms with Gasteiger partial charge in [0.1, 0.15) is 5.82 Å². The molecule has 2 rings (SSSR count). The van der Waals surface area contributed by atoms with Crippen LogP contribution in [0.2, 0.25) is 0 Å². The molecule has 1 aliphatic heterocycles. The normalized spacial score (nSPS) is 22.6. The lowest BCUT2D eigenvalue weighted by Gasteiger charge is -2.36. The molecular formula is C13H23N5. The number of hydrogen-bond donors (Lipinski definition) is 1. The minimum absolute atomic E-state index is 0.266. The van der Waals surface area contributed by atoms with E-state index in [0.29, 0.717) is 11.6 Å². The van der Waals surface area contributed by atoms with Gasteiger partial charge in [0.05, 0.1) is 23.6 Å². The third-order valence-electron chi connectivity index (χ3n) is 3.56. The number of piperazine rings is 1. The average Bonchev–Trinajstić information content (AvgIpc) is 2.33. The van der Waals surface area contributed by atoms with E-state index in [1.807, 2.05) is 0 Å². The van der Waals surface area contributed by atoms with Crippen LogP contribution in [0.4, 0.5) is 5.69 Å². The highest BCUT2D eigenvalue weighted by Gasteiger charge is 2.26. The van der Waals surface area contributed by atoms with E-state index >= 15 is 0 Å². The molecule has 1 fully saturated rings. The highest BCUT2D eigenvalue weighted by Crippen LogP contribution is 2.24. The molecule has 0 amide bonds. The third kappa shape index (κ3) is 2.62. The predicted octanol–water partition coefficient (Wildman–Crippen LogP) is 1.10. The van der Waals surface area contributed by atoms with Gasteiger partial charge in [-0.25, -0.2) is 9.97 Å². The maximum atomic E-state index is 5.93. The zero-order valence-electron chi connectivity index (χ0n) is 11.7. The number of aromatic nitrogens is 2. The second-order valence-corrected chi connectivity index (χ2v) is 5.48. The molecule has 0 aromatic carbocycles. The molecule has 0 radical (unpaired) electrons. The van der Waals surface area contributed by atoms with Gasteiger partial charge in [0.2, 0.25) is 0 Å². The Hall–Kier alpha value is -1.20. The Kier molecular flexibility index (Phi) is 3.82. The Bertz CT molecular complexity index is 418. The van der Waals surface area contributed by atoms with Crippen LogP contribution in [-0.4, -0.2) is 53.5 Å². The van der Waals surface area contributed by atoms with Crippen LogP contribution >= 0.6 is 0 Å². The molecule has 1 aliphatic rings. The van der Waals surface area contributed by atoms with Gasteiger partial charge in [-0.15, -0.1) is 0 Å². The smallest absolute Gasteiger partial charge is 0.147 e. The van der Waals surface area contributed by atoms with Crippen molar-refractivity contribution in [2.24, 2.45) is 0 Å². The lowest BCUT2D eigenvalue weighted by Crippen LogP contribution is -2.45. The van der Waals surface area contributed by atoms with Crippen LogP contribution in [0, 0.1) is 0 Å². The average molecular weight is 249 g/mol. The van der Waals surface area contributed by atoms with Gasteiger partial charge in [-0.3, -0.25) is 4.90 Å². The van der Waals surface area contributed by atoms with Crippen molar-refractivity contribution in [3.05, 3.63) is 17.7 Å². The Balaban J connectivity index is 2.29. The summed E-state index contributed by atoms with van der Waals surface area (Å²) in [6.45, 7) is 7.33. The minimum Gasteiger partial charge on any atom is -0.396 e. The first kappa shape index (κ1) is 13.2. The van der Waals surface area contributed by atoms with Gasteiger partial charge in [0.25, 0.3) is 0 Å². The quantitative estimate of drug-likeness (QED) is 0.850. The predicted molar refractivity (Wildman–Crippen MR) is 73.4 cm³/mol. The van der Waals surface area contributed by atoms with Crippen LogP contribution in [0.1, 0.15) is 37.3 Å². The van der Waals surface area contributed by atoms with Gasteiger partial charge < -0.3 is 10.6 Å². The van der Waals surface area contributed by atoms with E-state index in [4.69, 9.17) is 5.73 Å². The molecule has 1 saturated heterocycles. The second kappa shape index (κ2) is 5.20. The lowest BCUT2D eigenvalue weighted by molar-refractivity contribution is 0.109. The topological polar surface area (TPSA) is 58.3 Å². The van der Waals surface area contributed by atoms with Crippen LogP contribution in [0.15, 0.2) is 6.20 Å². The zero-order chi connectivity index (χ0) is 13.3. The molecule has 2 N–H and O–H groups in total. The fourth-order valence-electron chi connectivity index (χ4n) is 2.33. The number of likely N-dealkylation sites (N-methyl/N-ethyl adjacent to an activating group) is 2. The van der Waals surface area contributed by atoms with Gasteiger partial charge >= 0.3 is 0 Å². The summed E-state index contributed by atoms with van der Waals surface area (Å²) in [6, 6.07) is 0.266. The molecule has 1 aromatic heterocycles. The first-order valence-corrected chi connectivity index (χ1v) is 6.50. The number of nitrogen functional groups attached to an aromatic ring is 1. The van der Waals surface area contributed by atoms with Crippen molar-refractivity contribution in [1.82, 2.24) is 19.8 Å². The number of nitrogens with zero attached hydrogens (tertiary/aromatic N) is 4. The van der Waals surface area contributed by atoms with E-state index in [9.17, 15) is 0 Å². The van der Waals surface area contributed by atoms with Crippen LogP contribution < -0.4 is 5.73 Å². The third-order valence-corrected chi connectivity index (χ3v) is 3.56. The second-order valence-electron chi connectivity index (χ2n) is 5.48. The SMILES string of the molecule is CC(C)c1nc(C2CN(C)CCN2C)ncc1N. The summed E-state index contributed by atoms with van der Waals surface area (Å²) in [5, 5.41) is 0. The fourth-order valence-corrected chi connectivity index (χ4v) is 2.33. The van der Waals surface area contributed by atoms with Gasteiger partial charge in [-0.1, -0.05) is 13.8 Å². The first-order valence-electron chi connectivity index (χ1n) is 6.50. The zero-order valence-corrected chi connectivity index (χ0v) is 11.7. The monoisotopic (exact) mass is 249 g/mol. The van der Waals surface area contributed by atoms with E-state index in [1.165, 1.54) is 0 Å². The summed E-state index contributed by atoms with van der Waals surface area (Å²) in [6.07, 6.45) is 1.75. The van der Waals surface area contributed by atoms with Crippen molar-refractivity contribution < 1.29 is 0 Å². The molecule has 0 aliphatic carbocycles. The standard InChI is InChI=1S/C13H23N5/c1-9(2)12-10(14)7-15-13(16-12)11-8-17(3)5-6-18(11)4/h7,9,11H,5-6,8,14H2,1-4H3. The van der Waals surface area contributed by atoms with Gasteiger partial charge in [-0.2, -0.15) is 0 Å². The molecule has 0 bridgehead atoms. The van der Waals surface area contributed by atoms with Gasteiger partial charge in [-0.05, 0) is 20.0 Å². The molecule has 5 heteroatoms. The molecular weight excluding hydrogens is 226 g/mol. The summed E-state index contributed by atoms with van der Waals surface area (Å²) in [5.74, 6) is 1.22. The van der Waals surface area contributed by atoms with Crippen molar-refractivity contribution in [3.8, 4) is 0 Å². The number of hydrogen-bond acceptors (Lipinski definition) is 5. The van der Waals surface area contributed by atoms with Crippen molar-refractivity contribution >= 4 is 5.69 Å². The van der Waals surface area contributed by atoms with E-state index in [1.54, 1.807) is 6.20 Å². The summed E-state index contributed by atoms with van der Waals surface area (Å²) < 4.78 is 0. The largest absolute Gasteiger partial charge is 0.396 e. The molecule has 100 valence electrons. The molecule has 1 unspecified atom stereocenters. The molecule has 1 aromatic rings. The van der Waals surface area contributed by atoms with Crippen LogP contribution in [-0.2, 0) is 0 Å². The Morgan fingerprint density at radius 1 is 1.33 bits per heavy atom. The highest BCUT2D eigenvalue weighted by molar-refractivity contribution is 5.42. The Morgan fingerprint density at radius 3 is 2.72 bits per heavy atom. The van der Waals surface area contributed by atoms with Crippen molar-refractivity contribution in [3.63, 3.8) is 0 Å². The Labute approximate surface area is 109 Å². The fraction of sp³-hybridized carbons (Fsp3) is 0.692.